The predicted octanol–water partition coefficient (Wildman–Crippen LogP) is 6.55. The van der Waals surface area contributed by atoms with Gasteiger partial charge in [0.2, 0.25) is 0 Å². The Morgan fingerprint density at radius 1 is 0.929 bits per heavy atom. The van der Waals surface area contributed by atoms with Gasteiger partial charge in [0.1, 0.15) is 11.6 Å². The Morgan fingerprint density at radius 3 is 2.14 bits per heavy atom. The molecule has 1 aromatic heterocycles. The zero-order chi connectivity index (χ0) is 19.9. The van der Waals surface area contributed by atoms with Crippen molar-refractivity contribution in [2.24, 2.45) is 0 Å². The standard InChI is InChI=1S/C24H28FNOS/c1-17(2)27-22-12-8-20(9-13-22)23(19-6-10-21(25)11-7-19)14-15-26-18(3)24-5-4-16-28-24/h4-13,16-18,23,26H,14-15H2,1-3H3. The van der Waals surface area contributed by atoms with Crippen LogP contribution in [0.4, 0.5) is 4.39 Å². The zero-order valence-electron chi connectivity index (χ0n) is 16.7. The van der Waals surface area contributed by atoms with Crippen LogP contribution in [0.15, 0.2) is 66.0 Å². The number of rotatable bonds is 9. The second-order valence-electron chi connectivity index (χ2n) is 7.32. The van der Waals surface area contributed by atoms with Crippen molar-refractivity contribution in [1.82, 2.24) is 5.32 Å². The molecule has 3 rings (SSSR count). The fourth-order valence-electron chi connectivity index (χ4n) is 3.35. The molecule has 2 atom stereocenters. The van der Waals surface area contributed by atoms with E-state index in [1.54, 1.807) is 23.5 Å². The number of ether oxygens (including phenoxy) is 1. The highest BCUT2D eigenvalue weighted by Gasteiger charge is 2.16. The van der Waals surface area contributed by atoms with Crippen LogP contribution >= 0.6 is 11.3 Å². The van der Waals surface area contributed by atoms with E-state index in [2.05, 4.69) is 41.9 Å². The molecule has 0 aliphatic heterocycles. The molecule has 2 nitrogen and oxygen atoms in total. The summed E-state index contributed by atoms with van der Waals surface area (Å²) in [7, 11) is 0. The van der Waals surface area contributed by atoms with Gasteiger partial charge in [-0.3, -0.25) is 0 Å². The normalized spacial score (nSPS) is 13.5. The average molecular weight is 398 g/mol. The van der Waals surface area contributed by atoms with Gasteiger partial charge in [0.15, 0.2) is 0 Å². The van der Waals surface area contributed by atoms with E-state index in [1.807, 2.05) is 38.1 Å². The number of benzene rings is 2. The molecule has 0 amide bonds. The SMILES string of the molecule is CC(C)Oc1ccc(C(CCNC(C)c2cccs2)c2ccc(F)cc2)cc1. The monoisotopic (exact) mass is 397 g/mol. The van der Waals surface area contributed by atoms with Gasteiger partial charge >= 0.3 is 0 Å². The molecule has 148 valence electrons. The van der Waals surface area contributed by atoms with Crippen molar-refractivity contribution >= 4 is 11.3 Å². The van der Waals surface area contributed by atoms with Gasteiger partial charge < -0.3 is 10.1 Å². The Labute approximate surface area is 171 Å². The van der Waals surface area contributed by atoms with Crippen LogP contribution in [-0.2, 0) is 0 Å². The highest BCUT2D eigenvalue weighted by molar-refractivity contribution is 7.10. The first-order valence-electron chi connectivity index (χ1n) is 9.82. The van der Waals surface area contributed by atoms with E-state index in [4.69, 9.17) is 4.74 Å². The molecule has 1 N–H and O–H groups in total. The van der Waals surface area contributed by atoms with Gasteiger partial charge in [-0.2, -0.15) is 0 Å². The fraction of sp³-hybridized carbons (Fsp3) is 0.333. The second-order valence-corrected chi connectivity index (χ2v) is 8.30. The molecule has 0 saturated carbocycles. The topological polar surface area (TPSA) is 21.3 Å². The molecular formula is C24H28FNOS. The highest BCUT2D eigenvalue weighted by Crippen LogP contribution is 2.30. The molecule has 28 heavy (non-hydrogen) atoms. The van der Waals surface area contributed by atoms with E-state index in [0.717, 1.165) is 24.3 Å². The first-order chi connectivity index (χ1) is 13.5. The lowest BCUT2D eigenvalue weighted by Crippen LogP contribution is -2.21. The van der Waals surface area contributed by atoms with E-state index in [-0.39, 0.29) is 17.8 Å². The number of hydrogen-bond donors (Lipinski definition) is 1. The van der Waals surface area contributed by atoms with Gasteiger partial charge in [-0.1, -0.05) is 30.3 Å². The van der Waals surface area contributed by atoms with Crippen LogP contribution < -0.4 is 10.1 Å². The van der Waals surface area contributed by atoms with Gasteiger partial charge in [0, 0.05) is 16.8 Å². The Morgan fingerprint density at radius 2 is 1.57 bits per heavy atom. The van der Waals surface area contributed by atoms with Crippen LogP contribution in [-0.4, -0.2) is 12.6 Å². The smallest absolute Gasteiger partial charge is 0.123 e. The molecule has 1 heterocycles. The zero-order valence-corrected chi connectivity index (χ0v) is 17.5. The summed E-state index contributed by atoms with van der Waals surface area (Å²) < 4.78 is 19.2. The maximum atomic E-state index is 13.4. The van der Waals surface area contributed by atoms with Crippen molar-refractivity contribution in [1.29, 1.82) is 0 Å². The van der Waals surface area contributed by atoms with Crippen molar-refractivity contribution in [2.75, 3.05) is 6.54 Å². The van der Waals surface area contributed by atoms with Gasteiger partial charge in [-0.15, -0.1) is 11.3 Å². The van der Waals surface area contributed by atoms with Crippen molar-refractivity contribution in [3.05, 3.63) is 87.9 Å². The number of hydrogen-bond acceptors (Lipinski definition) is 3. The van der Waals surface area contributed by atoms with Crippen molar-refractivity contribution in [3.63, 3.8) is 0 Å². The van der Waals surface area contributed by atoms with Crippen LogP contribution in [0.2, 0.25) is 0 Å². The predicted molar refractivity (Wildman–Crippen MR) is 116 cm³/mol. The lowest BCUT2D eigenvalue weighted by atomic mass is 9.88. The number of halogens is 1. The molecule has 2 aromatic carbocycles. The molecule has 3 aromatic rings. The first kappa shape index (κ1) is 20.6. The Balaban J connectivity index is 1.72. The Bertz CT molecular complexity index is 828. The summed E-state index contributed by atoms with van der Waals surface area (Å²) >= 11 is 1.77. The van der Waals surface area contributed by atoms with Gasteiger partial charge in [-0.05, 0) is 80.6 Å². The van der Waals surface area contributed by atoms with Gasteiger partial charge in [-0.25, -0.2) is 4.39 Å². The van der Waals surface area contributed by atoms with E-state index >= 15 is 0 Å². The maximum Gasteiger partial charge on any atom is 0.123 e. The third-order valence-electron chi connectivity index (χ3n) is 4.78. The lowest BCUT2D eigenvalue weighted by molar-refractivity contribution is 0.242. The summed E-state index contributed by atoms with van der Waals surface area (Å²) in [5.41, 5.74) is 2.35. The quantitative estimate of drug-likeness (QED) is 0.442. The summed E-state index contributed by atoms with van der Waals surface area (Å²) in [6, 6.07) is 19.7. The third-order valence-corrected chi connectivity index (χ3v) is 5.84. The first-order valence-corrected chi connectivity index (χ1v) is 10.7. The maximum absolute atomic E-state index is 13.4. The van der Waals surface area contributed by atoms with E-state index in [1.165, 1.54) is 10.4 Å². The molecular weight excluding hydrogens is 369 g/mol. The molecule has 4 heteroatoms. The minimum Gasteiger partial charge on any atom is -0.491 e. The molecule has 0 bridgehead atoms. The summed E-state index contributed by atoms with van der Waals surface area (Å²) in [6.45, 7) is 7.12. The van der Waals surface area contributed by atoms with Crippen molar-refractivity contribution < 1.29 is 9.13 Å². The van der Waals surface area contributed by atoms with Crippen LogP contribution in [0.25, 0.3) is 0 Å². The minimum absolute atomic E-state index is 0.154. The molecule has 2 unspecified atom stereocenters. The average Bonchev–Trinajstić information content (AvgIpc) is 3.21. The molecule has 0 radical (unpaired) electrons. The fourth-order valence-corrected chi connectivity index (χ4v) is 4.11. The Kier molecular flexibility index (Phi) is 7.24. The summed E-state index contributed by atoms with van der Waals surface area (Å²) in [5, 5.41) is 5.72. The number of thiophene rings is 1. The highest BCUT2D eigenvalue weighted by atomic mass is 32.1. The third kappa shape index (κ3) is 5.66. The van der Waals surface area contributed by atoms with Gasteiger partial charge in [0.25, 0.3) is 0 Å². The van der Waals surface area contributed by atoms with E-state index in [9.17, 15) is 4.39 Å². The lowest BCUT2D eigenvalue weighted by Gasteiger charge is -2.21. The van der Waals surface area contributed by atoms with Gasteiger partial charge in [0.05, 0.1) is 6.10 Å². The van der Waals surface area contributed by atoms with Crippen LogP contribution in [0.1, 0.15) is 55.2 Å². The molecule has 0 saturated heterocycles. The Hall–Kier alpha value is -2.17. The minimum atomic E-state index is -0.201. The summed E-state index contributed by atoms with van der Waals surface area (Å²) in [4.78, 5) is 1.34. The van der Waals surface area contributed by atoms with Crippen LogP contribution in [0, 0.1) is 5.82 Å². The van der Waals surface area contributed by atoms with E-state index in [0.29, 0.717) is 6.04 Å². The molecule has 0 spiro atoms. The second kappa shape index (κ2) is 9.85. The summed E-state index contributed by atoms with van der Waals surface area (Å²) in [5.74, 6) is 0.880. The largest absolute Gasteiger partial charge is 0.491 e. The number of nitrogens with one attached hydrogen (secondary N) is 1. The van der Waals surface area contributed by atoms with Crippen LogP contribution in [0.3, 0.4) is 0 Å². The molecule has 0 aliphatic carbocycles. The van der Waals surface area contributed by atoms with E-state index < -0.39 is 0 Å². The van der Waals surface area contributed by atoms with Crippen LogP contribution in [0.5, 0.6) is 5.75 Å². The van der Waals surface area contributed by atoms with Crippen molar-refractivity contribution in [3.8, 4) is 5.75 Å². The summed E-state index contributed by atoms with van der Waals surface area (Å²) in [6.07, 6.45) is 1.09. The molecule has 0 fully saturated rings. The van der Waals surface area contributed by atoms with Crippen molar-refractivity contribution in [2.45, 2.75) is 45.3 Å². The molecule has 0 aliphatic rings.